The van der Waals surface area contributed by atoms with Gasteiger partial charge < -0.3 is 5.11 Å². The van der Waals surface area contributed by atoms with Gasteiger partial charge in [-0.05, 0) is 42.4 Å². The van der Waals surface area contributed by atoms with Crippen molar-refractivity contribution in [2.24, 2.45) is 23.2 Å². The highest BCUT2D eigenvalue weighted by Gasteiger charge is 2.65. The van der Waals surface area contributed by atoms with E-state index in [0.29, 0.717) is 23.2 Å². The third-order valence-electron chi connectivity index (χ3n) is 4.80. The van der Waals surface area contributed by atoms with Crippen LogP contribution in [-0.4, -0.2) is 10.7 Å². The Hall–Kier alpha value is -0.0400. The summed E-state index contributed by atoms with van der Waals surface area (Å²) in [5.41, 5.74) is 0.0809. The summed E-state index contributed by atoms with van der Waals surface area (Å²) >= 11 is 0. The Morgan fingerprint density at radius 1 is 1.29 bits per heavy atom. The second-order valence-corrected chi connectivity index (χ2v) is 6.61. The van der Waals surface area contributed by atoms with Crippen molar-refractivity contribution in [2.75, 3.05) is 0 Å². The molecule has 1 nitrogen and oxygen atoms in total. The number of aliphatic hydroxyl groups is 1. The first-order valence-corrected chi connectivity index (χ1v) is 6.08. The molecule has 0 radical (unpaired) electrons. The molecule has 0 heterocycles. The lowest BCUT2D eigenvalue weighted by Crippen LogP contribution is -2.26. The molecule has 2 saturated carbocycles. The highest BCUT2D eigenvalue weighted by Crippen LogP contribution is 2.63. The fourth-order valence-corrected chi connectivity index (χ4v) is 3.15. The molecule has 0 aromatic rings. The van der Waals surface area contributed by atoms with Crippen LogP contribution in [0.5, 0.6) is 0 Å². The Morgan fingerprint density at radius 3 is 2.21 bits per heavy atom. The van der Waals surface area contributed by atoms with Crippen molar-refractivity contribution in [3.05, 3.63) is 0 Å². The first-order chi connectivity index (χ1) is 6.36. The molecule has 0 spiro atoms. The van der Waals surface area contributed by atoms with Crippen LogP contribution in [0.2, 0.25) is 0 Å². The molecule has 0 aromatic heterocycles. The number of rotatable bonds is 2. The maximum Gasteiger partial charge on any atom is 0.0714 e. The summed E-state index contributed by atoms with van der Waals surface area (Å²) in [5, 5.41) is 10.4. The van der Waals surface area contributed by atoms with Crippen LogP contribution < -0.4 is 0 Å². The monoisotopic (exact) mass is 196 g/mol. The quantitative estimate of drug-likeness (QED) is 0.719. The standard InChI is InChI=1S/C13H24O/c1-9(12(2,3)4)8-13(14)10-6-5-7-11(10)13/h9-11,14H,5-8H2,1-4H3. The Labute approximate surface area is 87.9 Å². The van der Waals surface area contributed by atoms with Crippen LogP contribution in [-0.2, 0) is 0 Å². The molecule has 1 heteroatoms. The van der Waals surface area contributed by atoms with Crippen molar-refractivity contribution < 1.29 is 5.11 Å². The summed E-state index contributed by atoms with van der Waals surface area (Å²) in [7, 11) is 0. The maximum absolute atomic E-state index is 10.4. The molecule has 3 atom stereocenters. The lowest BCUT2D eigenvalue weighted by atomic mass is 9.77. The second kappa shape index (κ2) is 2.98. The maximum atomic E-state index is 10.4. The smallest absolute Gasteiger partial charge is 0.0714 e. The molecule has 82 valence electrons. The molecular formula is C13H24O. The minimum Gasteiger partial charge on any atom is -0.389 e. The molecule has 14 heavy (non-hydrogen) atoms. The Balaban J connectivity index is 1.93. The van der Waals surface area contributed by atoms with Crippen molar-refractivity contribution in [1.29, 1.82) is 0 Å². The molecule has 2 rings (SSSR count). The van der Waals surface area contributed by atoms with Gasteiger partial charge in [0.15, 0.2) is 0 Å². The van der Waals surface area contributed by atoms with Crippen LogP contribution in [0.15, 0.2) is 0 Å². The van der Waals surface area contributed by atoms with Crippen LogP contribution in [0.25, 0.3) is 0 Å². The van der Waals surface area contributed by atoms with Crippen molar-refractivity contribution >= 4 is 0 Å². The van der Waals surface area contributed by atoms with Crippen LogP contribution >= 0.6 is 0 Å². The van der Waals surface area contributed by atoms with Crippen LogP contribution in [0, 0.1) is 23.2 Å². The van der Waals surface area contributed by atoms with Gasteiger partial charge in [-0.15, -0.1) is 0 Å². The minimum atomic E-state index is -0.259. The Morgan fingerprint density at radius 2 is 1.79 bits per heavy atom. The van der Waals surface area contributed by atoms with E-state index in [1.54, 1.807) is 0 Å². The third-order valence-corrected chi connectivity index (χ3v) is 4.80. The van der Waals surface area contributed by atoms with E-state index >= 15 is 0 Å². The second-order valence-electron chi connectivity index (χ2n) is 6.61. The molecule has 0 aromatic carbocycles. The van der Waals surface area contributed by atoms with Gasteiger partial charge in [-0.25, -0.2) is 0 Å². The van der Waals surface area contributed by atoms with E-state index in [0.717, 1.165) is 6.42 Å². The van der Waals surface area contributed by atoms with Gasteiger partial charge in [-0.2, -0.15) is 0 Å². The molecule has 0 aliphatic heterocycles. The van der Waals surface area contributed by atoms with Gasteiger partial charge in [0.2, 0.25) is 0 Å². The molecule has 0 amide bonds. The first kappa shape index (κ1) is 10.5. The summed E-state index contributed by atoms with van der Waals surface area (Å²) in [6.07, 6.45) is 4.92. The fraction of sp³-hybridized carbons (Fsp3) is 1.00. The van der Waals surface area contributed by atoms with E-state index < -0.39 is 0 Å². The minimum absolute atomic E-state index is 0.259. The highest BCUT2D eigenvalue weighted by atomic mass is 16.3. The van der Waals surface area contributed by atoms with E-state index in [9.17, 15) is 5.11 Å². The zero-order valence-corrected chi connectivity index (χ0v) is 10.0. The van der Waals surface area contributed by atoms with E-state index in [-0.39, 0.29) is 5.60 Å². The van der Waals surface area contributed by atoms with Crippen molar-refractivity contribution in [3.8, 4) is 0 Å². The van der Waals surface area contributed by atoms with Gasteiger partial charge in [-0.3, -0.25) is 0 Å². The average Bonchev–Trinajstić information content (AvgIpc) is 2.50. The van der Waals surface area contributed by atoms with Gasteiger partial charge in [0, 0.05) is 0 Å². The van der Waals surface area contributed by atoms with Crippen LogP contribution in [0.4, 0.5) is 0 Å². The zero-order chi connectivity index (χ0) is 10.6. The van der Waals surface area contributed by atoms with Gasteiger partial charge >= 0.3 is 0 Å². The van der Waals surface area contributed by atoms with Crippen molar-refractivity contribution in [1.82, 2.24) is 0 Å². The van der Waals surface area contributed by atoms with Gasteiger partial charge in [0.05, 0.1) is 5.60 Å². The molecule has 0 bridgehead atoms. The summed E-state index contributed by atoms with van der Waals surface area (Å²) in [6.45, 7) is 9.11. The van der Waals surface area contributed by atoms with Crippen LogP contribution in [0.3, 0.4) is 0 Å². The van der Waals surface area contributed by atoms with Crippen LogP contribution in [0.1, 0.15) is 53.4 Å². The predicted molar refractivity (Wildman–Crippen MR) is 59.0 cm³/mol. The number of hydrogen-bond donors (Lipinski definition) is 1. The third kappa shape index (κ3) is 1.50. The fourth-order valence-electron chi connectivity index (χ4n) is 3.15. The van der Waals surface area contributed by atoms with E-state index in [2.05, 4.69) is 27.7 Å². The first-order valence-electron chi connectivity index (χ1n) is 6.08. The number of hydrogen-bond acceptors (Lipinski definition) is 1. The average molecular weight is 196 g/mol. The Kier molecular flexibility index (Phi) is 2.23. The van der Waals surface area contributed by atoms with Gasteiger partial charge in [0.25, 0.3) is 0 Å². The summed E-state index contributed by atoms with van der Waals surface area (Å²) < 4.78 is 0. The normalized spacial score (nSPS) is 43.5. The largest absolute Gasteiger partial charge is 0.389 e. The summed E-state index contributed by atoms with van der Waals surface area (Å²) in [4.78, 5) is 0. The Bertz CT molecular complexity index is 216. The molecule has 0 saturated heterocycles. The summed E-state index contributed by atoms with van der Waals surface area (Å²) in [5.74, 6) is 1.94. The molecule has 3 unspecified atom stereocenters. The lowest BCUT2D eigenvalue weighted by Gasteiger charge is -2.30. The van der Waals surface area contributed by atoms with E-state index in [1.165, 1.54) is 19.3 Å². The van der Waals surface area contributed by atoms with Gasteiger partial charge in [0.1, 0.15) is 0 Å². The SMILES string of the molecule is CC(CC1(O)C2CCCC21)C(C)(C)C. The molecule has 2 fully saturated rings. The highest BCUT2D eigenvalue weighted by molar-refractivity contribution is 5.15. The number of fused-ring (bicyclic) bond motifs is 1. The molecule has 2 aliphatic rings. The molecule has 2 aliphatic carbocycles. The zero-order valence-electron chi connectivity index (χ0n) is 10.0. The van der Waals surface area contributed by atoms with E-state index in [4.69, 9.17) is 0 Å². The van der Waals surface area contributed by atoms with Crippen molar-refractivity contribution in [2.45, 2.75) is 59.0 Å². The van der Waals surface area contributed by atoms with Gasteiger partial charge in [-0.1, -0.05) is 34.1 Å². The van der Waals surface area contributed by atoms with E-state index in [1.807, 2.05) is 0 Å². The molecular weight excluding hydrogens is 172 g/mol. The topological polar surface area (TPSA) is 20.2 Å². The molecule has 1 N–H and O–H groups in total. The predicted octanol–water partition coefficient (Wildman–Crippen LogP) is 3.22. The summed E-state index contributed by atoms with van der Waals surface area (Å²) in [6, 6.07) is 0. The van der Waals surface area contributed by atoms with Crippen molar-refractivity contribution in [3.63, 3.8) is 0 Å². The lowest BCUT2D eigenvalue weighted by molar-refractivity contribution is 0.0567.